The van der Waals surface area contributed by atoms with Gasteiger partial charge < -0.3 is 14.6 Å². The topological polar surface area (TPSA) is 118 Å². The smallest absolute Gasteiger partial charge is 0.293 e. The minimum absolute atomic E-state index is 0.0129. The van der Waals surface area contributed by atoms with E-state index in [1.807, 2.05) is 0 Å². The third-order valence-electron chi connectivity index (χ3n) is 3.90. The predicted octanol–water partition coefficient (Wildman–Crippen LogP) is 1.36. The fourth-order valence-electron chi connectivity index (χ4n) is 2.59. The molecule has 0 aliphatic carbocycles. The van der Waals surface area contributed by atoms with E-state index in [4.69, 9.17) is 9.47 Å². The zero-order valence-electron chi connectivity index (χ0n) is 14.8. The third-order valence-corrected chi connectivity index (χ3v) is 5.22. The van der Waals surface area contributed by atoms with Crippen molar-refractivity contribution in [2.24, 2.45) is 9.50 Å². The van der Waals surface area contributed by atoms with Gasteiger partial charge in [0.25, 0.3) is 16.5 Å². The molecule has 0 saturated heterocycles. The van der Waals surface area contributed by atoms with Crippen LogP contribution < -0.4 is 4.74 Å². The summed E-state index contributed by atoms with van der Waals surface area (Å²) in [6, 6.07) is 11.0. The second kappa shape index (κ2) is 8.09. The van der Waals surface area contributed by atoms with Crippen LogP contribution in [0.15, 0.2) is 56.9 Å². The number of phenolic OH excluding ortho intramolecular Hbond substituents is 1. The first kappa shape index (κ1) is 19.4. The second-order valence-electron chi connectivity index (χ2n) is 5.65. The van der Waals surface area contributed by atoms with Crippen LogP contribution in [0.4, 0.5) is 0 Å². The Labute approximate surface area is 161 Å². The molecule has 1 N–H and O–H groups in total. The van der Waals surface area contributed by atoms with E-state index in [1.165, 1.54) is 30.5 Å². The number of hydrogen-bond acceptors (Lipinski definition) is 8. The third kappa shape index (κ3) is 3.96. The first-order valence-electron chi connectivity index (χ1n) is 8.14. The zero-order valence-corrected chi connectivity index (χ0v) is 15.7. The number of fused-ring (bicyclic) bond motifs is 1. The number of carbonyl (C=O) groups excluding carboxylic acids is 1. The summed E-state index contributed by atoms with van der Waals surface area (Å²) in [5.41, 5.74) is 1.01. The van der Waals surface area contributed by atoms with Gasteiger partial charge in [0.2, 0.25) is 0 Å². The molecule has 3 rings (SSSR count). The van der Waals surface area contributed by atoms with E-state index in [1.54, 1.807) is 30.3 Å². The van der Waals surface area contributed by atoms with Gasteiger partial charge >= 0.3 is 0 Å². The highest BCUT2D eigenvalue weighted by molar-refractivity contribution is 7.90. The molecule has 9 nitrogen and oxygen atoms in total. The van der Waals surface area contributed by atoms with E-state index in [0.717, 1.165) is 0 Å². The summed E-state index contributed by atoms with van der Waals surface area (Å²) in [4.78, 5) is 10.5. The number of hydrogen-bond donors (Lipinski definition) is 1. The van der Waals surface area contributed by atoms with Gasteiger partial charge in [0.15, 0.2) is 17.3 Å². The van der Waals surface area contributed by atoms with Crippen molar-refractivity contribution in [1.29, 1.82) is 0 Å². The molecule has 1 heterocycles. The standard InChI is InChI=1S/C18H17N3O6S/c1-26-16-10-13(6-7-15(16)23)11-19-21(8-9-27-12-22)18-14-4-2-3-5-17(14)28(24,25)20-18/h2-7,10-12,23H,8-9H2,1H3/b19-11+. The molecule has 146 valence electrons. The SMILES string of the molecule is COc1cc(/C=N/N(CCOC=O)C2=NS(=O)(=O)c3ccccc32)ccc1O. The monoisotopic (exact) mass is 403 g/mol. The van der Waals surface area contributed by atoms with Crippen LogP contribution in [0.3, 0.4) is 0 Å². The Bertz CT molecular complexity index is 1050. The van der Waals surface area contributed by atoms with Crippen LogP contribution in [-0.4, -0.2) is 57.3 Å². The van der Waals surface area contributed by atoms with Crippen molar-refractivity contribution >= 4 is 28.5 Å². The Morgan fingerprint density at radius 3 is 2.79 bits per heavy atom. The molecule has 28 heavy (non-hydrogen) atoms. The number of aromatic hydroxyl groups is 1. The van der Waals surface area contributed by atoms with Crippen LogP contribution in [0.25, 0.3) is 0 Å². The number of phenols is 1. The highest BCUT2D eigenvalue weighted by atomic mass is 32.2. The molecule has 2 aromatic rings. The van der Waals surface area contributed by atoms with E-state index in [9.17, 15) is 18.3 Å². The maximum absolute atomic E-state index is 12.3. The van der Waals surface area contributed by atoms with Gasteiger partial charge in [0.1, 0.15) is 11.5 Å². The van der Waals surface area contributed by atoms with Gasteiger partial charge in [-0.25, -0.2) is 5.01 Å². The van der Waals surface area contributed by atoms with Crippen LogP contribution in [0.1, 0.15) is 11.1 Å². The van der Waals surface area contributed by atoms with Crippen molar-refractivity contribution in [3.8, 4) is 11.5 Å². The number of nitrogens with zero attached hydrogens (tertiary/aromatic N) is 3. The van der Waals surface area contributed by atoms with E-state index >= 15 is 0 Å². The van der Waals surface area contributed by atoms with Gasteiger partial charge in [0, 0.05) is 5.56 Å². The average Bonchev–Trinajstić information content (AvgIpc) is 2.97. The van der Waals surface area contributed by atoms with Gasteiger partial charge in [-0.05, 0) is 35.9 Å². The molecule has 0 amide bonds. The Morgan fingerprint density at radius 2 is 2.04 bits per heavy atom. The Hall–Kier alpha value is -3.40. The first-order valence-corrected chi connectivity index (χ1v) is 9.58. The van der Waals surface area contributed by atoms with Gasteiger partial charge in [-0.1, -0.05) is 12.1 Å². The molecule has 0 saturated carbocycles. The number of carbonyl (C=O) groups is 1. The summed E-state index contributed by atoms with van der Waals surface area (Å²) >= 11 is 0. The molecule has 0 unspecified atom stereocenters. The highest BCUT2D eigenvalue weighted by Crippen LogP contribution is 2.28. The van der Waals surface area contributed by atoms with E-state index in [-0.39, 0.29) is 35.4 Å². The quantitative estimate of drug-likeness (QED) is 0.321. The molecule has 0 atom stereocenters. The second-order valence-corrected chi connectivity index (χ2v) is 7.22. The van der Waals surface area contributed by atoms with Crippen LogP contribution >= 0.6 is 0 Å². The number of ether oxygens (including phenoxy) is 2. The Balaban J connectivity index is 1.95. The van der Waals surface area contributed by atoms with E-state index in [0.29, 0.717) is 17.6 Å². The summed E-state index contributed by atoms with van der Waals surface area (Å²) < 4.78 is 38.2. The van der Waals surface area contributed by atoms with Crippen molar-refractivity contribution in [3.63, 3.8) is 0 Å². The Kier molecular flexibility index (Phi) is 5.59. The van der Waals surface area contributed by atoms with Crippen LogP contribution in [0.2, 0.25) is 0 Å². The molecule has 1 aliphatic rings. The van der Waals surface area contributed by atoms with Crippen molar-refractivity contribution in [2.45, 2.75) is 4.90 Å². The number of benzene rings is 2. The molecular formula is C18H17N3O6S. The zero-order chi connectivity index (χ0) is 20.1. The Morgan fingerprint density at radius 1 is 1.25 bits per heavy atom. The fraction of sp³-hybridized carbons (Fsp3) is 0.167. The number of amidine groups is 1. The molecule has 0 fully saturated rings. The summed E-state index contributed by atoms with van der Waals surface area (Å²) in [7, 11) is -2.40. The molecule has 0 bridgehead atoms. The van der Waals surface area contributed by atoms with E-state index in [2.05, 4.69) is 9.50 Å². The summed E-state index contributed by atoms with van der Waals surface area (Å²) in [6.45, 7) is 0.377. The van der Waals surface area contributed by atoms with Crippen molar-refractivity contribution < 1.29 is 27.8 Å². The minimum atomic E-state index is -3.82. The van der Waals surface area contributed by atoms with Gasteiger partial charge in [-0.3, -0.25) is 4.79 Å². The number of sulfonamides is 1. The van der Waals surface area contributed by atoms with Gasteiger partial charge in [-0.2, -0.15) is 13.5 Å². The van der Waals surface area contributed by atoms with Crippen LogP contribution in [-0.2, 0) is 19.6 Å². The van der Waals surface area contributed by atoms with Crippen molar-refractivity contribution in [1.82, 2.24) is 5.01 Å². The van der Waals surface area contributed by atoms with Gasteiger partial charge in [0.05, 0.1) is 19.9 Å². The van der Waals surface area contributed by atoms with Gasteiger partial charge in [-0.15, -0.1) is 4.40 Å². The number of rotatable bonds is 7. The molecule has 0 aromatic heterocycles. The maximum atomic E-state index is 12.3. The lowest BCUT2D eigenvalue weighted by molar-refractivity contribution is -0.128. The highest BCUT2D eigenvalue weighted by Gasteiger charge is 2.31. The summed E-state index contributed by atoms with van der Waals surface area (Å²) in [5.74, 6) is 0.383. The minimum Gasteiger partial charge on any atom is -0.504 e. The predicted molar refractivity (Wildman–Crippen MR) is 101 cm³/mol. The molecule has 0 radical (unpaired) electrons. The lowest BCUT2D eigenvalue weighted by atomic mass is 10.2. The summed E-state index contributed by atoms with van der Waals surface area (Å²) in [6.07, 6.45) is 1.46. The summed E-state index contributed by atoms with van der Waals surface area (Å²) in [5, 5.41) is 15.3. The van der Waals surface area contributed by atoms with Crippen molar-refractivity contribution in [3.05, 3.63) is 53.6 Å². The fourth-order valence-corrected chi connectivity index (χ4v) is 3.80. The normalized spacial score (nSPS) is 14.4. The molecule has 1 aliphatic heterocycles. The lowest BCUT2D eigenvalue weighted by Gasteiger charge is -2.18. The number of methoxy groups -OCH3 is 1. The maximum Gasteiger partial charge on any atom is 0.293 e. The molecule has 10 heteroatoms. The molecule has 2 aromatic carbocycles. The van der Waals surface area contributed by atoms with E-state index < -0.39 is 10.0 Å². The number of hydrazone groups is 1. The largest absolute Gasteiger partial charge is 0.504 e. The first-order chi connectivity index (χ1) is 13.5. The van der Waals surface area contributed by atoms with Crippen LogP contribution in [0, 0.1) is 0 Å². The average molecular weight is 403 g/mol. The lowest BCUT2D eigenvalue weighted by Crippen LogP contribution is -2.29. The molecule has 0 spiro atoms. The molecular weight excluding hydrogens is 386 g/mol. The van der Waals surface area contributed by atoms with Crippen molar-refractivity contribution in [2.75, 3.05) is 20.3 Å². The van der Waals surface area contributed by atoms with Crippen LogP contribution in [0.5, 0.6) is 11.5 Å².